The Labute approximate surface area is 112 Å². The lowest BCUT2D eigenvalue weighted by molar-refractivity contribution is 0.112. The summed E-state index contributed by atoms with van der Waals surface area (Å²) in [6.07, 6.45) is 11.6. The van der Waals surface area contributed by atoms with Gasteiger partial charge in [-0.3, -0.25) is 4.90 Å². The second-order valence-electron chi connectivity index (χ2n) is 6.10. The lowest BCUT2D eigenvalue weighted by Gasteiger charge is -2.37. The molecule has 3 N–H and O–H groups in total. The van der Waals surface area contributed by atoms with Crippen LogP contribution in [0.15, 0.2) is 0 Å². The maximum absolute atomic E-state index is 9.03. The third kappa shape index (κ3) is 3.46. The van der Waals surface area contributed by atoms with Crippen LogP contribution in [-0.4, -0.2) is 41.8 Å². The van der Waals surface area contributed by atoms with Gasteiger partial charge in [-0.2, -0.15) is 0 Å². The molecule has 2 fully saturated rings. The predicted molar refractivity (Wildman–Crippen MR) is 75.5 cm³/mol. The van der Waals surface area contributed by atoms with Crippen LogP contribution in [0.2, 0.25) is 0 Å². The van der Waals surface area contributed by atoms with E-state index in [0.29, 0.717) is 18.6 Å². The summed E-state index contributed by atoms with van der Waals surface area (Å²) in [5.41, 5.74) is 6.01. The molecule has 1 saturated carbocycles. The van der Waals surface area contributed by atoms with Gasteiger partial charge >= 0.3 is 0 Å². The number of hydrogen-bond acceptors (Lipinski definition) is 3. The Balaban J connectivity index is 1.97. The summed E-state index contributed by atoms with van der Waals surface area (Å²) in [6, 6.07) is 1.44. The van der Waals surface area contributed by atoms with Crippen LogP contribution < -0.4 is 5.73 Å². The number of nitrogens with two attached hydrogens (primary N) is 1. The van der Waals surface area contributed by atoms with Crippen molar-refractivity contribution in [2.75, 3.05) is 19.7 Å². The van der Waals surface area contributed by atoms with E-state index in [2.05, 4.69) is 4.90 Å². The molecule has 0 spiro atoms. The Morgan fingerprint density at radius 2 is 1.89 bits per heavy atom. The number of rotatable bonds is 5. The third-order valence-corrected chi connectivity index (χ3v) is 4.97. The number of hydrogen-bond donors (Lipinski definition) is 2. The van der Waals surface area contributed by atoms with Crippen molar-refractivity contribution in [1.29, 1.82) is 0 Å². The molecule has 3 nitrogen and oxygen atoms in total. The van der Waals surface area contributed by atoms with E-state index in [9.17, 15) is 0 Å². The number of likely N-dealkylation sites (tertiary alicyclic amines) is 1. The second kappa shape index (κ2) is 7.46. The lowest BCUT2D eigenvalue weighted by Crippen LogP contribution is -2.45. The fraction of sp³-hybridized carbons (Fsp3) is 1.00. The van der Waals surface area contributed by atoms with Gasteiger partial charge in [-0.15, -0.1) is 0 Å². The first kappa shape index (κ1) is 14.3. The molecule has 1 aliphatic heterocycles. The van der Waals surface area contributed by atoms with E-state index in [1.807, 2.05) is 0 Å². The summed E-state index contributed by atoms with van der Waals surface area (Å²) in [5.74, 6) is 0.710. The number of aliphatic hydroxyl groups excluding tert-OH is 1. The molecule has 3 heteroatoms. The average molecular weight is 254 g/mol. The van der Waals surface area contributed by atoms with E-state index in [1.54, 1.807) is 0 Å². The summed E-state index contributed by atoms with van der Waals surface area (Å²) in [7, 11) is 0. The molecular formula is C15H30N2O. The van der Waals surface area contributed by atoms with Crippen molar-refractivity contribution >= 4 is 0 Å². The van der Waals surface area contributed by atoms with E-state index in [4.69, 9.17) is 10.8 Å². The van der Waals surface area contributed by atoms with Crippen LogP contribution in [0.3, 0.4) is 0 Å². The zero-order valence-electron chi connectivity index (χ0n) is 11.7. The minimum Gasteiger partial charge on any atom is -0.396 e. The SMILES string of the molecule is NCC1CCCCCC1N1CCCC1CCCO. The van der Waals surface area contributed by atoms with Gasteiger partial charge in [-0.1, -0.05) is 19.3 Å². The van der Waals surface area contributed by atoms with Crippen LogP contribution in [0.4, 0.5) is 0 Å². The van der Waals surface area contributed by atoms with Crippen molar-refractivity contribution in [2.45, 2.75) is 69.9 Å². The second-order valence-corrected chi connectivity index (χ2v) is 6.10. The Bertz CT molecular complexity index is 235. The largest absolute Gasteiger partial charge is 0.396 e. The van der Waals surface area contributed by atoms with Crippen molar-refractivity contribution in [1.82, 2.24) is 4.90 Å². The van der Waals surface area contributed by atoms with Crippen LogP contribution in [0, 0.1) is 5.92 Å². The first-order valence-electron chi connectivity index (χ1n) is 7.93. The summed E-state index contributed by atoms with van der Waals surface area (Å²) in [5, 5.41) is 9.03. The quantitative estimate of drug-likeness (QED) is 0.739. The molecule has 1 heterocycles. The van der Waals surface area contributed by atoms with E-state index in [1.165, 1.54) is 57.9 Å². The number of aliphatic hydroxyl groups is 1. The van der Waals surface area contributed by atoms with Gasteiger partial charge in [-0.25, -0.2) is 0 Å². The maximum Gasteiger partial charge on any atom is 0.0431 e. The van der Waals surface area contributed by atoms with E-state index >= 15 is 0 Å². The molecule has 18 heavy (non-hydrogen) atoms. The molecule has 2 aliphatic rings. The summed E-state index contributed by atoms with van der Waals surface area (Å²) >= 11 is 0. The number of nitrogens with zero attached hydrogens (tertiary/aromatic N) is 1. The van der Waals surface area contributed by atoms with E-state index in [0.717, 1.165) is 19.0 Å². The molecule has 0 aromatic carbocycles. The molecule has 3 atom stereocenters. The fourth-order valence-corrected chi connectivity index (χ4v) is 4.01. The molecule has 0 bridgehead atoms. The van der Waals surface area contributed by atoms with Crippen LogP contribution in [0.25, 0.3) is 0 Å². The van der Waals surface area contributed by atoms with Gasteiger partial charge in [0.2, 0.25) is 0 Å². The maximum atomic E-state index is 9.03. The van der Waals surface area contributed by atoms with Gasteiger partial charge in [0.05, 0.1) is 0 Å². The summed E-state index contributed by atoms with van der Waals surface area (Å²) < 4.78 is 0. The summed E-state index contributed by atoms with van der Waals surface area (Å²) in [6.45, 7) is 2.46. The van der Waals surface area contributed by atoms with Crippen molar-refractivity contribution in [3.8, 4) is 0 Å². The lowest BCUT2D eigenvalue weighted by atomic mass is 9.92. The normalized spacial score (nSPS) is 34.7. The highest BCUT2D eigenvalue weighted by molar-refractivity contribution is 4.90. The Hall–Kier alpha value is -0.120. The first-order valence-corrected chi connectivity index (χ1v) is 7.93. The van der Waals surface area contributed by atoms with E-state index < -0.39 is 0 Å². The zero-order valence-corrected chi connectivity index (χ0v) is 11.7. The van der Waals surface area contributed by atoms with Crippen LogP contribution in [0.5, 0.6) is 0 Å². The van der Waals surface area contributed by atoms with Gasteiger partial charge < -0.3 is 10.8 Å². The molecule has 1 aliphatic carbocycles. The van der Waals surface area contributed by atoms with Crippen LogP contribution in [0.1, 0.15) is 57.8 Å². The monoisotopic (exact) mass is 254 g/mol. The Morgan fingerprint density at radius 1 is 1.06 bits per heavy atom. The molecular weight excluding hydrogens is 224 g/mol. The first-order chi connectivity index (χ1) is 8.86. The highest BCUT2D eigenvalue weighted by atomic mass is 16.2. The molecule has 0 amide bonds. The van der Waals surface area contributed by atoms with Crippen LogP contribution in [-0.2, 0) is 0 Å². The highest BCUT2D eigenvalue weighted by Gasteiger charge is 2.34. The molecule has 0 aromatic heterocycles. The standard InChI is InChI=1S/C15H30N2O/c16-12-13-6-2-1-3-9-15(13)17-10-4-7-14(17)8-5-11-18/h13-15,18H,1-12,16H2. The smallest absolute Gasteiger partial charge is 0.0431 e. The van der Waals surface area contributed by atoms with E-state index in [-0.39, 0.29) is 0 Å². The van der Waals surface area contributed by atoms with Gasteiger partial charge in [-0.05, 0) is 57.5 Å². The molecule has 106 valence electrons. The Kier molecular flexibility index (Phi) is 5.93. The van der Waals surface area contributed by atoms with Gasteiger partial charge in [0.25, 0.3) is 0 Å². The molecule has 3 unspecified atom stereocenters. The molecule has 1 saturated heterocycles. The molecule has 0 radical (unpaired) electrons. The predicted octanol–water partition coefficient (Wildman–Crippen LogP) is 2.13. The van der Waals surface area contributed by atoms with Gasteiger partial charge in [0.15, 0.2) is 0 Å². The highest BCUT2D eigenvalue weighted by Crippen LogP contribution is 2.33. The van der Waals surface area contributed by atoms with Crippen molar-refractivity contribution in [3.63, 3.8) is 0 Å². The third-order valence-electron chi connectivity index (χ3n) is 4.97. The van der Waals surface area contributed by atoms with Gasteiger partial charge in [0, 0.05) is 18.7 Å². The summed E-state index contributed by atoms with van der Waals surface area (Å²) in [4.78, 5) is 2.75. The molecule has 2 rings (SSSR count). The minimum absolute atomic E-state index is 0.343. The topological polar surface area (TPSA) is 49.5 Å². The minimum atomic E-state index is 0.343. The van der Waals surface area contributed by atoms with Crippen molar-refractivity contribution < 1.29 is 5.11 Å². The zero-order chi connectivity index (χ0) is 12.8. The molecule has 0 aromatic rings. The van der Waals surface area contributed by atoms with Crippen molar-refractivity contribution in [2.24, 2.45) is 11.7 Å². The van der Waals surface area contributed by atoms with Crippen LogP contribution >= 0.6 is 0 Å². The van der Waals surface area contributed by atoms with Gasteiger partial charge in [0.1, 0.15) is 0 Å². The van der Waals surface area contributed by atoms with Crippen molar-refractivity contribution in [3.05, 3.63) is 0 Å². The Morgan fingerprint density at radius 3 is 2.67 bits per heavy atom. The fourth-order valence-electron chi connectivity index (χ4n) is 4.01. The average Bonchev–Trinajstić information content (AvgIpc) is 2.72.